The van der Waals surface area contributed by atoms with Crippen molar-refractivity contribution in [2.45, 2.75) is 6.10 Å². The SMILES string of the molecule is NCC(Oc1cc(F)ccc1F)C(=O)O. The summed E-state index contributed by atoms with van der Waals surface area (Å²) in [6.07, 6.45) is -1.39. The molecule has 1 unspecified atom stereocenters. The number of benzene rings is 1. The third-order valence-corrected chi connectivity index (χ3v) is 1.65. The van der Waals surface area contributed by atoms with Gasteiger partial charge in [0.25, 0.3) is 0 Å². The van der Waals surface area contributed by atoms with Crippen LogP contribution in [0.15, 0.2) is 18.2 Å². The molecule has 1 atom stereocenters. The molecule has 1 aromatic carbocycles. The lowest BCUT2D eigenvalue weighted by Gasteiger charge is -2.13. The molecule has 3 N–H and O–H groups in total. The second-order valence-corrected chi connectivity index (χ2v) is 2.76. The molecule has 0 amide bonds. The van der Waals surface area contributed by atoms with E-state index in [0.717, 1.165) is 18.2 Å². The summed E-state index contributed by atoms with van der Waals surface area (Å²) in [5.74, 6) is -3.35. The van der Waals surface area contributed by atoms with E-state index in [1.54, 1.807) is 0 Å². The maximum Gasteiger partial charge on any atom is 0.346 e. The molecule has 1 rings (SSSR count). The van der Waals surface area contributed by atoms with Crippen molar-refractivity contribution >= 4 is 5.97 Å². The van der Waals surface area contributed by atoms with Gasteiger partial charge in [-0.3, -0.25) is 0 Å². The van der Waals surface area contributed by atoms with Crippen LogP contribution < -0.4 is 10.5 Å². The number of halogens is 2. The van der Waals surface area contributed by atoms with Crippen molar-refractivity contribution in [1.82, 2.24) is 0 Å². The van der Waals surface area contributed by atoms with Crippen molar-refractivity contribution in [1.29, 1.82) is 0 Å². The number of ether oxygens (including phenoxy) is 1. The van der Waals surface area contributed by atoms with Crippen molar-refractivity contribution in [2.75, 3.05) is 6.54 Å². The van der Waals surface area contributed by atoms with Gasteiger partial charge >= 0.3 is 5.97 Å². The first-order valence-corrected chi connectivity index (χ1v) is 4.09. The highest BCUT2D eigenvalue weighted by atomic mass is 19.1. The number of nitrogens with two attached hydrogens (primary N) is 1. The summed E-state index contributed by atoms with van der Waals surface area (Å²) in [5, 5.41) is 8.57. The molecule has 0 bridgehead atoms. The van der Waals surface area contributed by atoms with Gasteiger partial charge in [-0.2, -0.15) is 0 Å². The van der Waals surface area contributed by atoms with Crippen molar-refractivity contribution < 1.29 is 23.4 Å². The van der Waals surface area contributed by atoms with E-state index in [1.165, 1.54) is 0 Å². The third-order valence-electron chi connectivity index (χ3n) is 1.65. The van der Waals surface area contributed by atoms with E-state index in [1.807, 2.05) is 0 Å². The number of hydrogen-bond acceptors (Lipinski definition) is 3. The molecule has 0 aromatic heterocycles. The van der Waals surface area contributed by atoms with E-state index >= 15 is 0 Å². The predicted octanol–water partition coefficient (Wildman–Crippen LogP) is 0.756. The fourth-order valence-electron chi connectivity index (χ4n) is 0.920. The number of aliphatic carboxylic acids is 1. The molecule has 6 heteroatoms. The second kappa shape index (κ2) is 4.70. The molecule has 0 aliphatic heterocycles. The molecule has 0 saturated carbocycles. The lowest BCUT2D eigenvalue weighted by atomic mass is 10.3. The average Bonchev–Trinajstić information content (AvgIpc) is 2.18. The Morgan fingerprint density at radius 2 is 2.20 bits per heavy atom. The highest BCUT2D eigenvalue weighted by Crippen LogP contribution is 2.19. The Hall–Kier alpha value is -1.69. The van der Waals surface area contributed by atoms with Gasteiger partial charge in [0.05, 0.1) is 0 Å². The zero-order chi connectivity index (χ0) is 11.4. The fourth-order valence-corrected chi connectivity index (χ4v) is 0.920. The Labute approximate surface area is 84.3 Å². The molecule has 0 fully saturated rings. The van der Waals surface area contributed by atoms with Crippen LogP contribution in [0.4, 0.5) is 8.78 Å². The summed E-state index contributed by atoms with van der Waals surface area (Å²) in [7, 11) is 0. The van der Waals surface area contributed by atoms with Crippen LogP contribution in [0, 0.1) is 11.6 Å². The minimum absolute atomic E-state index is 0.328. The summed E-state index contributed by atoms with van der Waals surface area (Å²) in [4.78, 5) is 10.5. The number of rotatable bonds is 4. The molecular formula is C9H9F2NO3. The topological polar surface area (TPSA) is 72.5 Å². The van der Waals surface area contributed by atoms with Gasteiger partial charge in [-0.05, 0) is 12.1 Å². The van der Waals surface area contributed by atoms with Crippen molar-refractivity contribution in [3.05, 3.63) is 29.8 Å². The van der Waals surface area contributed by atoms with E-state index in [9.17, 15) is 13.6 Å². The van der Waals surface area contributed by atoms with Crippen LogP contribution >= 0.6 is 0 Å². The van der Waals surface area contributed by atoms with Crippen LogP contribution in [0.1, 0.15) is 0 Å². The van der Waals surface area contributed by atoms with Crippen LogP contribution in [0.2, 0.25) is 0 Å². The monoisotopic (exact) mass is 217 g/mol. The van der Waals surface area contributed by atoms with Gasteiger partial charge in [-0.25, -0.2) is 13.6 Å². The van der Waals surface area contributed by atoms with E-state index in [2.05, 4.69) is 0 Å². The number of hydrogen-bond donors (Lipinski definition) is 2. The zero-order valence-corrected chi connectivity index (χ0v) is 7.61. The molecule has 0 saturated heterocycles. The first kappa shape index (κ1) is 11.4. The highest BCUT2D eigenvalue weighted by Gasteiger charge is 2.19. The predicted molar refractivity (Wildman–Crippen MR) is 47.5 cm³/mol. The van der Waals surface area contributed by atoms with Crippen LogP contribution in [0.5, 0.6) is 5.75 Å². The molecule has 0 aliphatic carbocycles. The molecule has 0 spiro atoms. The molecule has 15 heavy (non-hydrogen) atoms. The summed E-state index contributed by atoms with van der Waals surface area (Å²) in [5.41, 5.74) is 5.09. The quantitative estimate of drug-likeness (QED) is 0.780. The van der Waals surface area contributed by atoms with Crippen molar-refractivity contribution in [3.8, 4) is 5.75 Å². The van der Waals surface area contributed by atoms with E-state index in [4.69, 9.17) is 15.6 Å². The van der Waals surface area contributed by atoms with Gasteiger partial charge in [0, 0.05) is 12.6 Å². The van der Waals surface area contributed by atoms with Gasteiger partial charge < -0.3 is 15.6 Å². The van der Waals surface area contributed by atoms with E-state index in [0.29, 0.717) is 0 Å². The van der Waals surface area contributed by atoms with Crippen LogP contribution in [0.25, 0.3) is 0 Å². The molecule has 0 heterocycles. The molecule has 82 valence electrons. The summed E-state index contributed by atoms with van der Waals surface area (Å²) in [6, 6.07) is 2.52. The normalized spacial score (nSPS) is 12.2. The van der Waals surface area contributed by atoms with Gasteiger partial charge in [0.1, 0.15) is 5.82 Å². The van der Waals surface area contributed by atoms with Crippen LogP contribution in [-0.2, 0) is 4.79 Å². The maximum absolute atomic E-state index is 13.0. The lowest BCUT2D eigenvalue weighted by molar-refractivity contribution is -0.144. The van der Waals surface area contributed by atoms with Crippen LogP contribution in [0.3, 0.4) is 0 Å². The number of carboxylic acids is 1. The Balaban J connectivity index is 2.87. The number of carboxylic acid groups (broad SMARTS) is 1. The molecular weight excluding hydrogens is 208 g/mol. The van der Waals surface area contributed by atoms with Crippen LogP contribution in [-0.4, -0.2) is 23.7 Å². The van der Waals surface area contributed by atoms with Gasteiger partial charge in [-0.1, -0.05) is 0 Å². The van der Waals surface area contributed by atoms with Crippen molar-refractivity contribution in [3.63, 3.8) is 0 Å². The largest absolute Gasteiger partial charge is 0.478 e. The summed E-state index contributed by atoms with van der Waals surface area (Å²) >= 11 is 0. The first-order chi connectivity index (χ1) is 7.04. The minimum Gasteiger partial charge on any atom is -0.478 e. The highest BCUT2D eigenvalue weighted by molar-refractivity contribution is 5.73. The average molecular weight is 217 g/mol. The Morgan fingerprint density at radius 3 is 2.73 bits per heavy atom. The first-order valence-electron chi connectivity index (χ1n) is 4.09. The molecule has 0 radical (unpaired) electrons. The molecule has 1 aromatic rings. The zero-order valence-electron chi connectivity index (χ0n) is 7.61. The second-order valence-electron chi connectivity index (χ2n) is 2.76. The molecule has 0 aliphatic rings. The Morgan fingerprint density at radius 1 is 1.53 bits per heavy atom. The van der Waals surface area contributed by atoms with Gasteiger partial charge in [-0.15, -0.1) is 0 Å². The molecule has 4 nitrogen and oxygen atoms in total. The lowest BCUT2D eigenvalue weighted by Crippen LogP contribution is -2.35. The smallest absolute Gasteiger partial charge is 0.346 e. The summed E-state index contributed by atoms with van der Waals surface area (Å²) in [6.45, 7) is -0.328. The minimum atomic E-state index is -1.39. The van der Waals surface area contributed by atoms with Gasteiger partial charge in [0.2, 0.25) is 6.10 Å². The fraction of sp³-hybridized carbons (Fsp3) is 0.222. The van der Waals surface area contributed by atoms with Gasteiger partial charge in [0.15, 0.2) is 11.6 Å². The third kappa shape index (κ3) is 2.88. The van der Waals surface area contributed by atoms with E-state index < -0.39 is 29.5 Å². The van der Waals surface area contributed by atoms with Crippen molar-refractivity contribution in [2.24, 2.45) is 5.73 Å². The van der Waals surface area contributed by atoms with E-state index in [-0.39, 0.29) is 6.54 Å². The number of carbonyl (C=O) groups is 1. The maximum atomic E-state index is 13.0. The Kier molecular flexibility index (Phi) is 3.56. The Bertz CT molecular complexity index is 370. The summed E-state index contributed by atoms with van der Waals surface area (Å²) < 4.78 is 30.4. The standard InChI is InChI=1S/C9H9F2NO3/c10-5-1-2-6(11)7(3-5)15-8(4-12)9(13)14/h1-3,8H,4,12H2,(H,13,14).